The fraction of sp³-hybridized carbons (Fsp3) is 0.226. The molecule has 0 N–H and O–H groups in total. The molecular formula is C31H30N3O+. The molecule has 0 spiro atoms. The molecule has 3 aromatic heterocycles. The van der Waals surface area contributed by atoms with Crippen LogP contribution in [0.5, 0.6) is 0 Å². The van der Waals surface area contributed by atoms with Crippen molar-refractivity contribution in [1.82, 2.24) is 9.55 Å². The smallest absolute Gasteiger partial charge is 0.264 e. The molecule has 4 heteroatoms. The first kappa shape index (κ1) is 21.6. The highest BCUT2D eigenvalue weighted by molar-refractivity contribution is 6.07. The van der Waals surface area contributed by atoms with Gasteiger partial charge in [-0.25, -0.2) is 0 Å². The Balaban J connectivity index is 1.76. The van der Waals surface area contributed by atoms with Crippen molar-refractivity contribution in [2.24, 2.45) is 0 Å². The summed E-state index contributed by atoms with van der Waals surface area (Å²) in [7, 11) is 0. The van der Waals surface area contributed by atoms with Crippen LogP contribution in [-0.2, 0) is 5.41 Å². The molecule has 0 fully saturated rings. The molecule has 6 aromatic rings. The Morgan fingerprint density at radius 2 is 1.63 bits per heavy atom. The first-order valence-corrected chi connectivity index (χ1v) is 12.2. The summed E-state index contributed by atoms with van der Waals surface area (Å²) in [4.78, 5) is 4.53. The van der Waals surface area contributed by atoms with E-state index in [1.165, 1.54) is 16.6 Å². The summed E-state index contributed by atoms with van der Waals surface area (Å²) in [6, 6.07) is 23.8. The number of pyridine rings is 1. The van der Waals surface area contributed by atoms with E-state index in [0.29, 0.717) is 0 Å². The average Bonchev–Trinajstić information content (AvgIpc) is 3.32. The average molecular weight is 461 g/mol. The summed E-state index contributed by atoms with van der Waals surface area (Å²) in [6.45, 7) is 13.1. The SMILES string of the molecule is Cc1cc2oc3c(-[n+]4c(C)n(-c5ccccc5)c5cc(C(C)(C)C)ccc54)c(C)ccc3c2cn1. The van der Waals surface area contributed by atoms with Crippen LogP contribution in [0.1, 0.15) is 43.4 Å². The number of furan rings is 1. The lowest BCUT2D eigenvalue weighted by molar-refractivity contribution is -0.574. The summed E-state index contributed by atoms with van der Waals surface area (Å²) >= 11 is 0. The normalized spacial score (nSPS) is 12.3. The number of aryl methyl sites for hydroxylation is 2. The number of benzene rings is 3. The Morgan fingerprint density at radius 1 is 0.857 bits per heavy atom. The minimum Gasteiger partial charge on any atom is -0.451 e. The molecule has 0 radical (unpaired) electrons. The molecule has 0 amide bonds. The van der Waals surface area contributed by atoms with Crippen LogP contribution < -0.4 is 4.57 Å². The molecule has 0 aliphatic carbocycles. The van der Waals surface area contributed by atoms with Crippen molar-refractivity contribution in [3.8, 4) is 11.4 Å². The molecule has 0 saturated heterocycles. The van der Waals surface area contributed by atoms with E-state index in [1.807, 2.05) is 19.2 Å². The molecule has 3 aromatic carbocycles. The van der Waals surface area contributed by atoms with E-state index in [2.05, 4.69) is 109 Å². The van der Waals surface area contributed by atoms with Gasteiger partial charge in [0.15, 0.2) is 22.3 Å². The summed E-state index contributed by atoms with van der Waals surface area (Å²) in [6.07, 6.45) is 1.93. The summed E-state index contributed by atoms with van der Waals surface area (Å²) < 4.78 is 11.2. The van der Waals surface area contributed by atoms with Gasteiger partial charge in [-0.1, -0.05) is 51.1 Å². The number of fused-ring (bicyclic) bond motifs is 4. The second-order valence-electron chi connectivity index (χ2n) is 10.5. The second-order valence-corrected chi connectivity index (χ2v) is 10.5. The molecule has 6 rings (SSSR count). The van der Waals surface area contributed by atoms with E-state index in [9.17, 15) is 0 Å². The molecule has 0 unspecified atom stereocenters. The van der Waals surface area contributed by atoms with Gasteiger partial charge in [-0.2, -0.15) is 9.13 Å². The lowest BCUT2D eigenvalue weighted by atomic mass is 9.87. The predicted octanol–water partition coefficient (Wildman–Crippen LogP) is 7.42. The third-order valence-electron chi connectivity index (χ3n) is 7.05. The Hall–Kier alpha value is -3.92. The maximum absolute atomic E-state index is 6.53. The van der Waals surface area contributed by atoms with Gasteiger partial charge in [-0.15, -0.1) is 0 Å². The first-order chi connectivity index (χ1) is 16.7. The van der Waals surface area contributed by atoms with Crippen LogP contribution in [0.3, 0.4) is 0 Å². The molecule has 0 atom stereocenters. The van der Waals surface area contributed by atoms with Gasteiger partial charge in [-0.3, -0.25) is 4.98 Å². The number of hydrogen-bond acceptors (Lipinski definition) is 2. The molecule has 4 nitrogen and oxygen atoms in total. The third-order valence-corrected chi connectivity index (χ3v) is 7.05. The molecular weight excluding hydrogens is 430 g/mol. The Morgan fingerprint density at radius 3 is 2.37 bits per heavy atom. The van der Waals surface area contributed by atoms with Crippen molar-refractivity contribution in [3.05, 3.63) is 95.6 Å². The lowest BCUT2D eigenvalue weighted by Gasteiger charge is -2.18. The topological polar surface area (TPSA) is 34.8 Å². The van der Waals surface area contributed by atoms with Gasteiger partial charge in [0.1, 0.15) is 11.3 Å². The van der Waals surface area contributed by atoms with Crippen LogP contribution in [0.2, 0.25) is 0 Å². The molecule has 0 saturated carbocycles. The van der Waals surface area contributed by atoms with Gasteiger partial charge >= 0.3 is 0 Å². The highest BCUT2D eigenvalue weighted by Gasteiger charge is 2.30. The monoisotopic (exact) mass is 460 g/mol. The van der Waals surface area contributed by atoms with E-state index in [4.69, 9.17) is 4.42 Å². The van der Waals surface area contributed by atoms with Gasteiger partial charge in [0.25, 0.3) is 5.82 Å². The fourth-order valence-corrected chi connectivity index (χ4v) is 5.19. The van der Waals surface area contributed by atoms with Gasteiger partial charge in [-0.05, 0) is 55.2 Å². The maximum Gasteiger partial charge on any atom is 0.264 e. The Bertz CT molecular complexity index is 1750. The summed E-state index contributed by atoms with van der Waals surface area (Å²) in [5.41, 5.74) is 9.83. The zero-order chi connectivity index (χ0) is 24.5. The van der Waals surface area contributed by atoms with Gasteiger partial charge in [0, 0.05) is 41.2 Å². The molecule has 3 heterocycles. The fourth-order valence-electron chi connectivity index (χ4n) is 5.19. The van der Waals surface area contributed by atoms with Crippen molar-refractivity contribution in [3.63, 3.8) is 0 Å². The molecule has 35 heavy (non-hydrogen) atoms. The van der Waals surface area contributed by atoms with Crippen molar-refractivity contribution in [1.29, 1.82) is 0 Å². The Kier molecular flexibility index (Phi) is 4.65. The van der Waals surface area contributed by atoms with Gasteiger partial charge in [0.2, 0.25) is 0 Å². The highest BCUT2D eigenvalue weighted by atomic mass is 16.3. The van der Waals surface area contributed by atoms with E-state index < -0.39 is 0 Å². The number of nitrogens with zero attached hydrogens (tertiary/aromatic N) is 3. The van der Waals surface area contributed by atoms with Crippen LogP contribution in [0, 0.1) is 20.8 Å². The third kappa shape index (κ3) is 3.28. The maximum atomic E-state index is 6.53. The van der Waals surface area contributed by atoms with E-state index in [0.717, 1.165) is 50.3 Å². The molecule has 0 aliphatic heterocycles. The standard InChI is InChI=1S/C31H30N3O/c1-19-12-14-24-25-18-32-20(2)16-28(25)35-30(24)29(19)34-21(3)33(23-10-8-7-9-11-23)27-17-22(31(4,5)6)13-15-26(27)34/h7-18H,1-6H3/q+1. The number of rotatable bonds is 2. The Labute approximate surface area is 205 Å². The molecule has 0 bridgehead atoms. The zero-order valence-electron chi connectivity index (χ0n) is 21.2. The van der Waals surface area contributed by atoms with Crippen LogP contribution in [0.4, 0.5) is 0 Å². The van der Waals surface area contributed by atoms with E-state index >= 15 is 0 Å². The number of para-hydroxylation sites is 1. The van der Waals surface area contributed by atoms with Crippen LogP contribution in [0.15, 0.2) is 77.3 Å². The summed E-state index contributed by atoms with van der Waals surface area (Å²) in [5.74, 6) is 1.13. The predicted molar refractivity (Wildman–Crippen MR) is 143 cm³/mol. The van der Waals surface area contributed by atoms with Crippen LogP contribution in [0.25, 0.3) is 44.3 Å². The highest BCUT2D eigenvalue weighted by Crippen LogP contribution is 2.35. The number of aromatic nitrogens is 3. The van der Waals surface area contributed by atoms with Crippen LogP contribution >= 0.6 is 0 Å². The minimum absolute atomic E-state index is 0.0538. The number of imidazole rings is 1. The minimum atomic E-state index is 0.0538. The van der Waals surface area contributed by atoms with Crippen molar-refractivity contribution >= 4 is 33.0 Å². The van der Waals surface area contributed by atoms with Crippen molar-refractivity contribution < 1.29 is 8.98 Å². The molecule has 0 aliphatic rings. The first-order valence-electron chi connectivity index (χ1n) is 12.2. The quantitative estimate of drug-likeness (QED) is 0.252. The van der Waals surface area contributed by atoms with Gasteiger partial charge < -0.3 is 4.42 Å². The van der Waals surface area contributed by atoms with Gasteiger partial charge in [0.05, 0.1) is 0 Å². The van der Waals surface area contributed by atoms with Crippen LogP contribution in [-0.4, -0.2) is 9.55 Å². The van der Waals surface area contributed by atoms with Crippen molar-refractivity contribution in [2.45, 2.75) is 47.0 Å². The lowest BCUT2D eigenvalue weighted by Crippen LogP contribution is -2.34. The zero-order valence-corrected chi connectivity index (χ0v) is 21.2. The number of hydrogen-bond donors (Lipinski definition) is 0. The van der Waals surface area contributed by atoms with E-state index in [1.54, 1.807) is 0 Å². The largest absolute Gasteiger partial charge is 0.451 e. The molecule has 174 valence electrons. The van der Waals surface area contributed by atoms with E-state index in [-0.39, 0.29) is 5.41 Å². The summed E-state index contributed by atoms with van der Waals surface area (Å²) in [5, 5.41) is 2.14. The second kappa shape index (κ2) is 7.54. The van der Waals surface area contributed by atoms with Crippen molar-refractivity contribution in [2.75, 3.05) is 0 Å².